The lowest BCUT2D eigenvalue weighted by Crippen LogP contribution is -2.59. The fraction of sp³-hybridized carbons (Fsp3) is 0.610. The lowest BCUT2D eigenvalue weighted by atomic mass is 9.85. The number of hydrogen-bond acceptors (Lipinski definition) is 9. The number of likely N-dealkylation sites (tertiary alicyclic amines) is 1. The monoisotopic (exact) mass is 833 g/mol. The standard InChI is InChI=1S/C41H54F3N5O8S/c1-8-12-41(43,44)27-16-28(42)18-29(17-27)45-33(38(3,4)5)35(51)49-23-31(57-37(53)48-21-24-10-11-30(56-7)15-25(24)22-48)19-32(49)34(50)46-40(20-26(40)9-2)36(52)47-58(54,55)39(6)13-14-39/h10-11,15-18,26,31-33,45H,8-9,12-14,19-23H2,1-7H3,(H,46,50)(H,47,52). The van der Waals surface area contributed by atoms with E-state index in [1.807, 2.05) is 19.1 Å². The predicted molar refractivity (Wildman–Crippen MR) is 209 cm³/mol. The van der Waals surface area contributed by atoms with Crippen molar-refractivity contribution in [2.75, 3.05) is 19.0 Å². The molecule has 0 aromatic heterocycles. The number of benzene rings is 2. The summed E-state index contributed by atoms with van der Waals surface area (Å²) in [5.41, 5.74) is -1.34. The molecule has 5 atom stereocenters. The van der Waals surface area contributed by atoms with Gasteiger partial charge in [-0.2, -0.15) is 0 Å². The van der Waals surface area contributed by atoms with Gasteiger partial charge in [-0.3, -0.25) is 24.0 Å². The molecule has 2 aliphatic carbocycles. The predicted octanol–water partition coefficient (Wildman–Crippen LogP) is 5.96. The van der Waals surface area contributed by atoms with Crippen LogP contribution in [0.5, 0.6) is 5.75 Å². The summed E-state index contributed by atoms with van der Waals surface area (Å²) in [4.78, 5) is 59.1. The summed E-state index contributed by atoms with van der Waals surface area (Å²) < 4.78 is 83.3. The second-order valence-corrected chi connectivity index (χ2v) is 19.7. The molecule has 58 heavy (non-hydrogen) atoms. The summed E-state index contributed by atoms with van der Waals surface area (Å²) in [6.07, 6.45) is -0.779. The van der Waals surface area contributed by atoms with Crippen LogP contribution in [0.2, 0.25) is 0 Å². The smallest absolute Gasteiger partial charge is 0.410 e. The van der Waals surface area contributed by atoms with E-state index in [1.54, 1.807) is 47.8 Å². The fourth-order valence-corrected chi connectivity index (χ4v) is 9.25. The van der Waals surface area contributed by atoms with Gasteiger partial charge in [-0.15, -0.1) is 0 Å². The maximum Gasteiger partial charge on any atom is 0.410 e. The average molecular weight is 834 g/mol. The van der Waals surface area contributed by atoms with Crippen molar-refractivity contribution in [1.82, 2.24) is 19.8 Å². The molecule has 4 amide bonds. The lowest BCUT2D eigenvalue weighted by Gasteiger charge is -2.36. The van der Waals surface area contributed by atoms with Gasteiger partial charge in [0.15, 0.2) is 0 Å². The van der Waals surface area contributed by atoms with Crippen molar-refractivity contribution >= 4 is 39.5 Å². The zero-order chi connectivity index (χ0) is 42.6. The summed E-state index contributed by atoms with van der Waals surface area (Å²) >= 11 is 0. The minimum absolute atomic E-state index is 0.0718. The van der Waals surface area contributed by atoms with E-state index in [2.05, 4.69) is 15.4 Å². The van der Waals surface area contributed by atoms with Crippen molar-refractivity contribution in [3.8, 4) is 5.75 Å². The van der Waals surface area contributed by atoms with Crippen LogP contribution in [0.1, 0.15) is 103 Å². The van der Waals surface area contributed by atoms with Gasteiger partial charge in [-0.05, 0) is 79.0 Å². The molecule has 0 radical (unpaired) electrons. The minimum Gasteiger partial charge on any atom is -0.497 e. The molecule has 4 aliphatic rings. The Hall–Kier alpha value is -4.54. The number of rotatable bonds is 14. The number of anilines is 1. The first-order valence-electron chi connectivity index (χ1n) is 19.8. The van der Waals surface area contributed by atoms with Gasteiger partial charge in [0, 0.05) is 37.2 Å². The second kappa shape index (κ2) is 15.6. The third kappa shape index (κ3) is 8.60. The molecule has 13 nitrogen and oxygen atoms in total. The van der Waals surface area contributed by atoms with Gasteiger partial charge in [0.2, 0.25) is 21.8 Å². The summed E-state index contributed by atoms with van der Waals surface area (Å²) in [5, 5.41) is 5.74. The Kier molecular flexibility index (Phi) is 11.6. The van der Waals surface area contributed by atoms with Crippen LogP contribution in [0.15, 0.2) is 36.4 Å². The molecule has 318 valence electrons. The van der Waals surface area contributed by atoms with Crippen LogP contribution in [0.25, 0.3) is 0 Å². The van der Waals surface area contributed by atoms with Crippen LogP contribution in [0.4, 0.5) is 23.7 Å². The van der Waals surface area contributed by atoms with E-state index in [0.717, 1.165) is 29.3 Å². The zero-order valence-electron chi connectivity index (χ0n) is 34.0. The summed E-state index contributed by atoms with van der Waals surface area (Å²) in [6, 6.07) is 5.83. The Morgan fingerprint density at radius 3 is 2.31 bits per heavy atom. The first kappa shape index (κ1) is 43.0. The lowest BCUT2D eigenvalue weighted by molar-refractivity contribution is -0.141. The van der Waals surface area contributed by atoms with Crippen molar-refractivity contribution in [3.63, 3.8) is 0 Å². The van der Waals surface area contributed by atoms with Crippen molar-refractivity contribution in [2.24, 2.45) is 11.3 Å². The molecule has 3 N–H and O–H groups in total. The molecular weight excluding hydrogens is 780 g/mol. The zero-order valence-corrected chi connectivity index (χ0v) is 34.9. The van der Waals surface area contributed by atoms with Gasteiger partial charge in [-0.1, -0.05) is 53.5 Å². The summed E-state index contributed by atoms with van der Waals surface area (Å²) in [6.45, 7) is 10.4. The van der Waals surface area contributed by atoms with Gasteiger partial charge in [0.1, 0.15) is 35.3 Å². The van der Waals surface area contributed by atoms with Gasteiger partial charge in [-0.25, -0.2) is 26.4 Å². The van der Waals surface area contributed by atoms with E-state index in [1.165, 1.54) is 9.80 Å². The van der Waals surface area contributed by atoms with Crippen LogP contribution in [0, 0.1) is 17.2 Å². The molecule has 2 aromatic carbocycles. The van der Waals surface area contributed by atoms with Gasteiger partial charge < -0.3 is 25.0 Å². The normalized spacial score (nSPS) is 24.1. The minimum atomic E-state index is -4.04. The number of amides is 4. The number of ether oxygens (including phenoxy) is 2. The van der Waals surface area contributed by atoms with Gasteiger partial charge >= 0.3 is 6.09 Å². The Labute approximate surface area is 337 Å². The van der Waals surface area contributed by atoms with Crippen LogP contribution >= 0.6 is 0 Å². The molecule has 2 aliphatic heterocycles. The number of nitrogens with zero attached hydrogens (tertiary/aromatic N) is 2. The highest BCUT2D eigenvalue weighted by Gasteiger charge is 2.63. The molecule has 2 aromatic rings. The maximum atomic E-state index is 15.0. The Bertz CT molecular complexity index is 2070. The first-order chi connectivity index (χ1) is 27.1. The highest BCUT2D eigenvalue weighted by molar-refractivity contribution is 7.91. The molecule has 5 unspecified atom stereocenters. The quantitative estimate of drug-likeness (QED) is 0.209. The largest absolute Gasteiger partial charge is 0.497 e. The SMILES string of the molecule is CCCC(F)(F)c1cc(F)cc(NC(C(=O)N2CC(OC(=O)N3Cc4ccc(OC)cc4C3)CC2C(=O)NC2(C(=O)NS(=O)(=O)C3(C)CC3)CC2CC)C(C)(C)C)c1. The third-order valence-corrected chi connectivity index (χ3v) is 14.2. The number of halogens is 3. The number of fused-ring (bicyclic) bond motifs is 1. The van der Waals surface area contributed by atoms with E-state index in [0.29, 0.717) is 25.0 Å². The third-order valence-electron chi connectivity index (χ3n) is 12.0. The van der Waals surface area contributed by atoms with Crippen molar-refractivity contribution in [2.45, 2.75) is 134 Å². The summed E-state index contributed by atoms with van der Waals surface area (Å²) in [5.74, 6) is -6.29. The Morgan fingerprint density at radius 2 is 1.71 bits per heavy atom. The highest BCUT2D eigenvalue weighted by Crippen LogP contribution is 2.48. The fourth-order valence-electron chi connectivity index (χ4n) is 7.94. The number of methoxy groups -OCH3 is 1. The topological polar surface area (TPSA) is 163 Å². The Balaban J connectivity index is 1.27. The molecule has 2 heterocycles. The van der Waals surface area contributed by atoms with Crippen molar-refractivity contribution < 1.29 is 50.2 Å². The maximum absolute atomic E-state index is 15.0. The Morgan fingerprint density at radius 1 is 1.02 bits per heavy atom. The molecule has 3 fully saturated rings. The highest BCUT2D eigenvalue weighted by atomic mass is 32.2. The molecule has 2 saturated carbocycles. The van der Waals surface area contributed by atoms with Crippen LogP contribution in [-0.4, -0.2) is 84.2 Å². The number of nitrogens with one attached hydrogen (secondary N) is 3. The molecule has 17 heteroatoms. The summed E-state index contributed by atoms with van der Waals surface area (Å²) in [7, 11) is -2.50. The average Bonchev–Trinajstić information content (AvgIpc) is 3.96. The van der Waals surface area contributed by atoms with E-state index < -0.39 is 91.5 Å². The number of carbonyl (C=O) groups is 4. The van der Waals surface area contributed by atoms with Crippen LogP contribution < -0.4 is 20.1 Å². The van der Waals surface area contributed by atoms with E-state index in [4.69, 9.17) is 9.47 Å². The molecule has 1 saturated heterocycles. The number of sulfonamides is 1. The molecule has 0 bridgehead atoms. The molecule has 0 spiro atoms. The number of carbonyl (C=O) groups excluding carboxylic acids is 4. The second-order valence-electron chi connectivity index (χ2n) is 17.5. The van der Waals surface area contributed by atoms with Gasteiger partial charge in [0.05, 0.1) is 18.4 Å². The van der Waals surface area contributed by atoms with E-state index >= 15 is 0 Å². The van der Waals surface area contributed by atoms with Crippen molar-refractivity contribution in [3.05, 3.63) is 58.9 Å². The number of hydrogen-bond donors (Lipinski definition) is 3. The van der Waals surface area contributed by atoms with E-state index in [-0.39, 0.29) is 50.5 Å². The van der Waals surface area contributed by atoms with Crippen LogP contribution in [0.3, 0.4) is 0 Å². The molecule has 6 rings (SSSR count). The van der Waals surface area contributed by atoms with E-state index in [9.17, 15) is 40.8 Å². The molecular formula is C41H54F3N5O8S. The number of alkyl halides is 2. The van der Waals surface area contributed by atoms with Crippen LogP contribution in [-0.2, 0) is 48.2 Å². The van der Waals surface area contributed by atoms with Gasteiger partial charge in [0.25, 0.3) is 11.8 Å². The van der Waals surface area contributed by atoms with Crippen molar-refractivity contribution in [1.29, 1.82) is 0 Å². The first-order valence-corrected chi connectivity index (χ1v) is 21.3.